The molecule has 0 saturated carbocycles. The second-order valence-electron chi connectivity index (χ2n) is 5.56. The molecule has 0 aliphatic rings. The number of aromatic nitrogens is 2. The lowest BCUT2D eigenvalue weighted by Crippen LogP contribution is -2.31. The molecule has 26 heavy (non-hydrogen) atoms. The average molecular weight is 372 g/mol. The minimum atomic E-state index is -0.804. The fraction of sp³-hybridized carbons (Fsp3) is 0.0556. The molecule has 3 aromatic rings. The van der Waals surface area contributed by atoms with Gasteiger partial charge in [0.25, 0.3) is 5.56 Å². The maximum Gasteiger partial charge on any atom is 0.335 e. The van der Waals surface area contributed by atoms with Crippen molar-refractivity contribution in [1.82, 2.24) is 9.55 Å². The minimum absolute atomic E-state index is 0.115. The molecule has 8 heteroatoms. The minimum Gasteiger partial charge on any atom is -0.506 e. The van der Waals surface area contributed by atoms with Gasteiger partial charge in [0.1, 0.15) is 17.0 Å². The van der Waals surface area contributed by atoms with Crippen LogP contribution in [0.3, 0.4) is 0 Å². The van der Waals surface area contributed by atoms with Gasteiger partial charge in [0.05, 0.1) is 5.69 Å². The molecular weight excluding hydrogens is 358 g/mol. The van der Waals surface area contributed by atoms with Gasteiger partial charge in [-0.05, 0) is 42.8 Å². The quantitative estimate of drug-likeness (QED) is 0.615. The molecule has 0 bridgehead atoms. The first-order chi connectivity index (χ1) is 12.4. The largest absolute Gasteiger partial charge is 0.506 e. The third-order valence-electron chi connectivity index (χ3n) is 3.65. The summed E-state index contributed by atoms with van der Waals surface area (Å²) >= 11 is 5.85. The van der Waals surface area contributed by atoms with Crippen LogP contribution >= 0.6 is 11.6 Å². The highest BCUT2D eigenvalue weighted by atomic mass is 35.5. The molecule has 0 aliphatic heterocycles. The standard InChI is InChI=1S/C18H14ClN3O4/c1-10-3-2-4-12(7-10)22-17(25)13(16(24)21-18(22)26)9-20-14-8-11(19)5-6-15(14)23/h2-9,23,25H,1H3,(H,21,24,26). The molecule has 0 atom stereocenters. The van der Waals surface area contributed by atoms with E-state index in [1.54, 1.807) is 18.2 Å². The Kier molecular flexibility index (Phi) is 4.64. The molecule has 0 spiro atoms. The van der Waals surface area contributed by atoms with E-state index in [2.05, 4.69) is 9.98 Å². The lowest BCUT2D eigenvalue weighted by molar-refractivity contribution is 0.430. The number of phenols is 1. The number of nitrogens with zero attached hydrogens (tertiary/aromatic N) is 2. The van der Waals surface area contributed by atoms with Crippen molar-refractivity contribution in [3.8, 4) is 17.3 Å². The number of benzene rings is 2. The zero-order chi connectivity index (χ0) is 18.8. The highest BCUT2D eigenvalue weighted by molar-refractivity contribution is 6.30. The molecule has 0 amide bonds. The SMILES string of the molecule is Cc1cccc(-n2c(O)c(C=Nc3cc(Cl)ccc3O)c(=O)[nH]c2=O)c1. The van der Waals surface area contributed by atoms with E-state index >= 15 is 0 Å². The fourth-order valence-corrected chi connectivity index (χ4v) is 2.56. The van der Waals surface area contributed by atoms with Crippen LogP contribution in [0.25, 0.3) is 5.69 Å². The molecule has 132 valence electrons. The lowest BCUT2D eigenvalue weighted by atomic mass is 10.2. The van der Waals surface area contributed by atoms with E-state index < -0.39 is 17.1 Å². The molecule has 1 aromatic heterocycles. The summed E-state index contributed by atoms with van der Waals surface area (Å²) in [5.74, 6) is -0.705. The van der Waals surface area contributed by atoms with E-state index in [4.69, 9.17) is 11.6 Å². The first-order valence-corrected chi connectivity index (χ1v) is 7.92. The summed E-state index contributed by atoms with van der Waals surface area (Å²) < 4.78 is 0.966. The van der Waals surface area contributed by atoms with Crippen LogP contribution in [0.4, 0.5) is 5.69 Å². The number of rotatable bonds is 3. The topological polar surface area (TPSA) is 108 Å². The third-order valence-corrected chi connectivity index (χ3v) is 3.89. The summed E-state index contributed by atoms with van der Waals surface area (Å²) in [4.78, 5) is 30.3. The molecule has 0 radical (unpaired) electrons. The number of aryl methyl sites for hydroxylation is 1. The molecule has 0 aliphatic carbocycles. The lowest BCUT2D eigenvalue weighted by Gasteiger charge is -2.10. The Morgan fingerprint density at radius 3 is 2.65 bits per heavy atom. The Balaban J connectivity index is 2.15. The molecule has 0 unspecified atom stereocenters. The maximum atomic E-state index is 12.1. The number of phenolic OH excluding ortho intramolecular Hbond substituents is 1. The number of aromatic hydroxyl groups is 2. The smallest absolute Gasteiger partial charge is 0.335 e. The molecule has 7 nitrogen and oxygen atoms in total. The monoisotopic (exact) mass is 371 g/mol. The van der Waals surface area contributed by atoms with Crippen molar-refractivity contribution in [2.45, 2.75) is 6.92 Å². The van der Waals surface area contributed by atoms with Crippen LogP contribution < -0.4 is 11.2 Å². The predicted molar refractivity (Wildman–Crippen MR) is 99.4 cm³/mol. The van der Waals surface area contributed by atoms with Crippen molar-refractivity contribution >= 4 is 23.5 Å². The van der Waals surface area contributed by atoms with Crippen molar-refractivity contribution in [1.29, 1.82) is 0 Å². The van der Waals surface area contributed by atoms with E-state index in [0.29, 0.717) is 10.7 Å². The second kappa shape index (κ2) is 6.89. The van der Waals surface area contributed by atoms with Gasteiger partial charge in [-0.15, -0.1) is 0 Å². The molecule has 0 fully saturated rings. The highest BCUT2D eigenvalue weighted by Crippen LogP contribution is 2.29. The van der Waals surface area contributed by atoms with Crippen molar-refractivity contribution in [2.24, 2.45) is 4.99 Å². The molecule has 3 N–H and O–H groups in total. The van der Waals surface area contributed by atoms with Gasteiger partial charge in [0, 0.05) is 11.2 Å². The zero-order valence-corrected chi connectivity index (χ0v) is 14.4. The Morgan fingerprint density at radius 1 is 1.15 bits per heavy atom. The number of hydrogen-bond donors (Lipinski definition) is 3. The van der Waals surface area contributed by atoms with Crippen molar-refractivity contribution in [3.05, 3.63) is 79.5 Å². The summed E-state index contributed by atoms with van der Waals surface area (Å²) in [6.45, 7) is 1.83. The first-order valence-electron chi connectivity index (χ1n) is 7.55. The maximum absolute atomic E-state index is 12.1. The number of nitrogens with one attached hydrogen (secondary N) is 1. The van der Waals surface area contributed by atoms with Crippen LogP contribution in [0.15, 0.2) is 57.0 Å². The predicted octanol–water partition coefficient (Wildman–Crippen LogP) is 2.65. The van der Waals surface area contributed by atoms with Gasteiger partial charge in [0.2, 0.25) is 5.88 Å². The van der Waals surface area contributed by atoms with E-state index in [0.717, 1.165) is 16.3 Å². The van der Waals surface area contributed by atoms with Crippen LogP contribution in [0, 0.1) is 6.92 Å². The van der Waals surface area contributed by atoms with Crippen molar-refractivity contribution < 1.29 is 10.2 Å². The number of aromatic amines is 1. The summed E-state index contributed by atoms with van der Waals surface area (Å²) in [5, 5.41) is 20.6. The van der Waals surface area contributed by atoms with E-state index in [1.807, 2.05) is 13.0 Å². The Hall–Kier alpha value is -3.32. The second-order valence-corrected chi connectivity index (χ2v) is 6.00. The number of H-pyrrole nitrogens is 1. The van der Waals surface area contributed by atoms with E-state index in [9.17, 15) is 19.8 Å². The summed E-state index contributed by atoms with van der Waals surface area (Å²) in [6, 6.07) is 11.1. The first kappa shape index (κ1) is 17.5. The number of halogens is 1. The van der Waals surface area contributed by atoms with E-state index in [1.165, 1.54) is 18.2 Å². The molecule has 3 rings (SSSR count). The van der Waals surface area contributed by atoms with Crippen LogP contribution in [-0.4, -0.2) is 26.0 Å². The van der Waals surface area contributed by atoms with Gasteiger partial charge in [-0.2, -0.15) is 0 Å². The zero-order valence-electron chi connectivity index (χ0n) is 13.6. The molecule has 0 saturated heterocycles. The number of hydrogen-bond acceptors (Lipinski definition) is 5. The normalized spacial score (nSPS) is 11.2. The Labute approximate surface area is 152 Å². The summed E-state index contributed by atoms with van der Waals surface area (Å²) in [5.41, 5.74) is -0.430. The van der Waals surface area contributed by atoms with Gasteiger partial charge in [0.15, 0.2) is 0 Å². The van der Waals surface area contributed by atoms with Crippen LogP contribution in [0.5, 0.6) is 11.6 Å². The highest BCUT2D eigenvalue weighted by Gasteiger charge is 2.14. The Bertz CT molecular complexity index is 1130. The van der Waals surface area contributed by atoms with Crippen molar-refractivity contribution in [2.75, 3.05) is 0 Å². The number of aliphatic imine (C=N–C) groups is 1. The van der Waals surface area contributed by atoms with Crippen LogP contribution in [0.2, 0.25) is 5.02 Å². The summed E-state index contributed by atoms with van der Waals surface area (Å²) in [7, 11) is 0. The van der Waals surface area contributed by atoms with Crippen LogP contribution in [0.1, 0.15) is 11.1 Å². The van der Waals surface area contributed by atoms with Gasteiger partial charge < -0.3 is 10.2 Å². The van der Waals surface area contributed by atoms with E-state index in [-0.39, 0.29) is 17.0 Å². The fourth-order valence-electron chi connectivity index (χ4n) is 2.40. The van der Waals surface area contributed by atoms with Gasteiger partial charge in [-0.25, -0.2) is 9.36 Å². The van der Waals surface area contributed by atoms with Crippen LogP contribution in [-0.2, 0) is 0 Å². The molecule has 2 aromatic carbocycles. The molecular formula is C18H14ClN3O4. The van der Waals surface area contributed by atoms with Gasteiger partial charge >= 0.3 is 5.69 Å². The average Bonchev–Trinajstić information content (AvgIpc) is 2.57. The molecule has 1 heterocycles. The van der Waals surface area contributed by atoms with Gasteiger partial charge in [-0.1, -0.05) is 23.7 Å². The van der Waals surface area contributed by atoms with Crippen molar-refractivity contribution in [3.63, 3.8) is 0 Å². The van der Waals surface area contributed by atoms with Gasteiger partial charge in [-0.3, -0.25) is 14.8 Å². The summed E-state index contributed by atoms with van der Waals surface area (Å²) in [6.07, 6.45) is 1.06. The third kappa shape index (κ3) is 3.38. The Morgan fingerprint density at radius 2 is 1.92 bits per heavy atom.